The third-order valence-electron chi connectivity index (χ3n) is 6.29. The van der Waals surface area contributed by atoms with E-state index >= 15 is 0 Å². The molecule has 3 heterocycles. The van der Waals surface area contributed by atoms with E-state index in [2.05, 4.69) is 32.5 Å². The van der Waals surface area contributed by atoms with Crippen LogP contribution < -0.4 is 14.8 Å². The summed E-state index contributed by atoms with van der Waals surface area (Å²) < 4.78 is 12.1. The van der Waals surface area contributed by atoms with Crippen LogP contribution in [0.4, 0.5) is 11.5 Å². The summed E-state index contributed by atoms with van der Waals surface area (Å²) in [6.07, 6.45) is 5.91. The number of hydrogen-bond donors (Lipinski definition) is 1. The smallest absolute Gasteiger partial charge is 0.236 e. The number of nitrogens with one attached hydrogen (secondary N) is 1. The summed E-state index contributed by atoms with van der Waals surface area (Å²) in [6.45, 7) is 2.01. The van der Waals surface area contributed by atoms with Gasteiger partial charge in [-0.1, -0.05) is 11.6 Å². The molecule has 0 unspecified atom stereocenters. The highest BCUT2D eigenvalue weighted by Gasteiger charge is 2.25. The van der Waals surface area contributed by atoms with Crippen molar-refractivity contribution in [2.75, 3.05) is 39.0 Å². The van der Waals surface area contributed by atoms with Crippen molar-refractivity contribution in [3.8, 4) is 11.5 Å². The second kappa shape index (κ2) is 12.2. The molecule has 2 aromatic heterocycles. The predicted octanol–water partition coefficient (Wildman–Crippen LogP) is 4.53. The van der Waals surface area contributed by atoms with Gasteiger partial charge in [-0.3, -0.25) is 4.79 Å². The molecular formula is C29H29ClN6O3. The summed E-state index contributed by atoms with van der Waals surface area (Å²) in [6, 6.07) is 17.5. The molecule has 0 radical (unpaired) electrons. The van der Waals surface area contributed by atoms with Crippen LogP contribution in [0, 0.1) is 12.3 Å². The first-order valence-corrected chi connectivity index (χ1v) is 13.1. The van der Waals surface area contributed by atoms with Crippen LogP contribution in [0.1, 0.15) is 18.5 Å². The SMILES string of the molecule is CN(C)CC(=O)N1CCC[C@H](Oc2ccc3ncnc(Nc4ccc(OCc5ccc#cn5)c(Cl)c4)c3c2)C1. The molecule has 1 amide bonds. The van der Waals surface area contributed by atoms with Gasteiger partial charge < -0.3 is 24.6 Å². The maximum atomic E-state index is 12.5. The highest BCUT2D eigenvalue weighted by atomic mass is 35.5. The number of ether oxygens (including phenoxy) is 2. The Morgan fingerprint density at radius 3 is 2.90 bits per heavy atom. The molecule has 1 fully saturated rings. The van der Waals surface area contributed by atoms with E-state index in [9.17, 15) is 4.79 Å². The number of likely N-dealkylation sites (tertiary alicyclic amines) is 1. The number of fused-ring (bicyclic) bond motifs is 1. The molecule has 9 nitrogen and oxygen atoms in total. The molecule has 5 rings (SSSR count). The number of carbonyl (C=O) groups excluding carboxylic acids is 1. The topological polar surface area (TPSA) is 92.7 Å². The summed E-state index contributed by atoms with van der Waals surface area (Å²) in [5.41, 5.74) is 2.27. The lowest BCUT2D eigenvalue weighted by Gasteiger charge is -2.33. The van der Waals surface area contributed by atoms with Gasteiger partial charge in [-0.25, -0.2) is 9.97 Å². The zero-order chi connectivity index (χ0) is 27.2. The van der Waals surface area contributed by atoms with Crippen molar-refractivity contribution in [2.24, 2.45) is 0 Å². The molecule has 200 valence electrons. The van der Waals surface area contributed by atoms with Crippen molar-refractivity contribution >= 4 is 39.9 Å². The number of amides is 1. The van der Waals surface area contributed by atoms with E-state index in [1.54, 1.807) is 18.2 Å². The van der Waals surface area contributed by atoms with E-state index in [1.165, 1.54) is 6.33 Å². The van der Waals surface area contributed by atoms with E-state index in [4.69, 9.17) is 21.1 Å². The van der Waals surface area contributed by atoms with E-state index < -0.39 is 0 Å². The minimum atomic E-state index is -0.0724. The van der Waals surface area contributed by atoms with Crippen LogP contribution in [-0.4, -0.2) is 70.5 Å². The van der Waals surface area contributed by atoms with Crippen LogP contribution in [0.3, 0.4) is 0 Å². The second-order valence-electron chi connectivity index (χ2n) is 9.61. The fourth-order valence-electron chi connectivity index (χ4n) is 4.41. The minimum absolute atomic E-state index is 0.0724. The van der Waals surface area contributed by atoms with Crippen LogP contribution in [-0.2, 0) is 11.4 Å². The van der Waals surface area contributed by atoms with E-state index in [1.807, 2.05) is 54.2 Å². The van der Waals surface area contributed by atoms with Crippen LogP contribution in [0.2, 0.25) is 5.02 Å². The summed E-state index contributed by atoms with van der Waals surface area (Å²) in [7, 11) is 3.80. The Balaban J connectivity index is 1.28. The Morgan fingerprint density at radius 2 is 2.10 bits per heavy atom. The molecule has 1 N–H and O–H groups in total. The quantitative estimate of drug-likeness (QED) is 0.328. The summed E-state index contributed by atoms with van der Waals surface area (Å²) in [5, 5.41) is 4.60. The van der Waals surface area contributed by atoms with Gasteiger partial charge in [0.25, 0.3) is 0 Å². The monoisotopic (exact) mass is 544 g/mol. The van der Waals surface area contributed by atoms with Gasteiger partial charge >= 0.3 is 0 Å². The highest BCUT2D eigenvalue weighted by Crippen LogP contribution is 2.32. The van der Waals surface area contributed by atoms with Gasteiger partial charge in [-0.2, -0.15) is 4.98 Å². The van der Waals surface area contributed by atoms with Crippen LogP contribution in [0.5, 0.6) is 11.5 Å². The highest BCUT2D eigenvalue weighted by molar-refractivity contribution is 6.32. The first-order valence-electron chi connectivity index (χ1n) is 12.7. The fraction of sp³-hybridized carbons (Fsp3) is 0.310. The Kier molecular flexibility index (Phi) is 8.25. The predicted molar refractivity (Wildman–Crippen MR) is 149 cm³/mol. The number of anilines is 2. The van der Waals surface area contributed by atoms with Gasteiger partial charge in [-0.15, -0.1) is 0 Å². The number of likely N-dealkylation sites (N-methyl/N-ethyl adjacent to an activating group) is 1. The number of hydrogen-bond acceptors (Lipinski definition) is 8. The van der Waals surface area contributed by atoms with E-state index in [-0.39, 0.29) is 18.6 Å². The molecule has 0 spiro atoms. The van der Waals surface area contributed by atoms with Crippen molar-refractivity contribution in [1.82, 2.24) is 24.8 Å². The number of aromatic nitrogens is 3. The van der Waals surface area contributed by atoms with Gasteiger partial charge in [0.15, 0.2) is 0 Å². The summed E-state index contributed by atoms with van der Waals surface area (Å²) >= 11 is 6.49. The summed E-state index contributed by atoms with van der Waals surface area (Å²) in [5.74, 6) is 2.00. The molecule has 0 saturated carbocycles. The minimum Gasteiger partial charge on any atom is -0.489 e. The van der Waals surface area contributed by atoms with Gasteiger partial charge in [0.1, 0.15) is 36.4 Å². The average molecular weight is 545 g/mol. The molecule has 1 aliphatic heterocycles. The third-order valence-corrected chi connectivity index (χ3v) is 6.58. The van der Waals surface area contributed by atoms with Crippen LogP contribution in [0.25, 0.3) is 10.9 Å². The van der Waals surface area contributed by atoms with Gasteiger partial charge in [-0.05, 0) is 81.5 Å². The molecular weight excluding hydrogens is 516 g/mol. The van der Waals surface area contributed by atoms with Crippen molar-refractivity contribution in [3.63, 3.8) is 0 Å². The van der Waals surface area contributed by atoms with E-state index in [0.29, 0.717) is 35.4 Å². The average Bonchev–Trinajstić information content (AvgIpc) is 2.93. The zero-order valence-electron chi connectivity index (χ0n) is 21.9. The largest absolute Gasteiger partial charge is 0.489 e. The number of benzene rings is 2. The number of halogens is 1. The molecule has 1 aliphatic rings. The standard InChI is InChI=1S/C29H29ClN6O3/c1-35(2)17-28(37)36-13-5-7-23(16-36)39-22-9-10-26-24(15-22)29(33-19-32-26)34-20-8-11-27(25(30)14-20)38-18-21-6-3-4-12-31-21/h3,6,8-11,14-15,19,23H,5,7,13,16-18H2,1-2H3,(H,32,33,34)/t23-/m0/s1. The Morgan fingerprint density at radius 1 is 1.21 bits per heavy atom. The Bertz CT molecular complexity index is 1440. The normalized spacial score (nSPS) is 15.2. The third kappa shape index (κ3) is 6.85. The molecule has 0 bridgehead atoms. The molecule has 2 aromatic carbocycles. The number of piperidine rings is 1. The summed E-state index contributed by atoms with van der Waals surface area (Å²) in [4.78, 5) is 29.2. The van der Waals surface area contributed by atoms with Crippen molar-refractivity contribution in [3.05, 3.63) is 77.8 Å². The molecule has 10 heteroatoms. The van der Waals surface area contributed by atoms with Crippen LogP contribution >= 0.6 is 11.6 Å². The molecule has 39 heavy (non-hydrogen) atoms. The number of carbonyl (C=O) groups is 1. The number of rotatable bonds is 9. The number of nitrogens with zero attached hydrogens (tertiary/aromatic N) is 5. The second-order valence-corrected chi connectivity index (χ2v) is 10.0. The first-order chi connectivity index (χ1) is 18.9. The Hall–Kier alpha value is -4.13. The van der Waals surface area contributed by atoms with Crippen molar-refractivity contribution < 1.29 is 14.3 Å². The first kappa shape index (κ1) is 26.5. The van der Waals surface area contributed by atoms with E-state index in [0.717, 1.165) is 41.7 Å². The lowest BCUT2D eigenvalue weighted by Crippen LogP contribution is -2.47. The maximum Gasteiger partial charge on any atom is 0.236 e. The molecule has 4 aromatic rings. The maximum absolute atomic E-state index is 12.5. The van der Waals surface area contributed by atoms with Gasteiger partial charge in [0.2, 0.25) is 5.91 Å². The van der Waals surface area contributed by atoms with Gasteiger partial charge in [0, 0.05) is 23.8 Å². The molecule has 0 aliphatic carbocycles. The molecule has 1 atom stereocenters. The van der Waals surface area contributed by atoms with Crippen molar-refractivity contribution in [2.45, 2.75) is 25.6 Å². The zero-order valence-corrected chi connectivity index (χ0v) is 22.6. The molecule has 1 saturated heterocycles. The lowest BCUT2D eigenvalue weighted by atomic mass is 10.1. The Labute approximate surface area is 232 Å². The van der Waals surface area contributed by atoms with Crippen LogP contribution in [0.15, 0.2) is 54.9 Å². The lowest BCUT2D eigenvalue weighted by molar-refractivity contribution is -0.134. The van der Waals surface area contributed by atoms with Crippen molar-refractivity contribution in [1.29, 1.82) is 0 Å². The fourth-order valence-corrected chi connectivity index (χ4v) is 4.65. The van der Waals surface area contributed by atoms with Gasteiger partial charge in [0.05, 0.1) is 29.3 Å².